The largest absolute Gasteiger partial charge is 0.499 e. The second-order valence-corrected chi connectivity index (χ2v) is 3.44. The molecule has 0 unspecified atom stereocenters. The van der Waals surface area contributed by atoms with E-state index in [1.54, 1.807) is 24.3 Å². The molecule has 0 aliphatic heterocycles. The first kappa shape index (κ1) is 14.6. The molecule has 1 aromatic rings. The van der Waals surface area contributed by atoms with E-state index in [0.29, 0.717) is 0 Å². The monoisotopic (exact) mass is 266 g/mol. The maximum Gasteiger partial charge on any atom is 0.377 e. The lowest BCUT2D eigenvalue weighted by atomic mass is 10.2. The van der Waals surface area contributed by atoms with Gasteiger partial charge in [0, 0.05) is 0 Å². The van der Waals surface area contributed by atoms with Crippen LogP contribution in [0.5, 0.6) is 0 Å². The Bertz CT molecular complexity index is 477. The Labute approximate surface area is 110 Å². The zero-order valence-electron chi connectivity index (χ0n) is 10.6. The Balaban J connectivity index is 2.88. The minimum atomic E-state index is -1.08. The fourth-order valence-electron chi connectivity index (χ4n) is 1.24. The third kappa shape index (κ3) is 4.02. The van der Waals surface area contributed by atoms with Crippen molar-refractivity contribution in [2.75, 3.05) is 14.2 Å². The molecule has 19 heavy (non-hydrogen) atoms. The van der Waals surface area contributed by atoms with E-state index in [-0.39, 0.29) is 6.61 Å². The fraction of sp³-hybridized carbons (Fsp3) is 0.231. The third-order valence-electron chi connectivity index (χ3n) is 2.19. The molecule has 1 aromatic carbocycles. The Morgan fingerprint density at radius 1 is 1.05 bits per heavy atom. The molecule has 0 aliphatic carbocycles. The highest BCUT2D eigenvalue weighted by Gasteiger charge is 2.24. The van der Waals surface area contributed by atoms with Gasteiger partial charge in [0.1, 0.15) is 6.61 Å². The van der Waals surface area contributed by atoms with Gasteiger partial charge in [-0.25, -0.2) is 9.59 Å². The van der Waals surface area contributed by atoms with Crippen molar-refractivity contribution >= 4 is 11.9 Å². The Hall–Kier alpha value is -2.50. The van der Waals surface area contributed by atoms with Gasteiger partial charge in [-0.15, -0.1) is 0 Å². The quantitative estimate of drug-likeness (QED) is 0.491. The van der Waals surface area contributed by atoms with Crippen molar-refractivity contribution in [2.24, 2.45) is 0 Å². The first-order chi connectivity index (χ1) is 9.10. The first-order valence-corrected chi connectivity index (χ1v) is 5.36. The van der Waals surface area contributed by atoms with Gasteiger partial charge < -0.3 is 19.3 Å². The lowest BCUT2D eigenvalue weighted by Gasteiger charge is -2.10. The van der Waals surface area contributed by atoms with Crippen LogP contribution < -0.4 is 0 Å². The van der Waals surface area contributed by atoms with E-state index < -0.39 is 23.5 Å². The Morgan fingerprint density at radius 3 is 2.16 bits per heavy atom. The van der Waals surface area contributed by atoms with Gasteiger partial charge in [-0.3, -0.25) is 0 Å². The zero-order valence-corrected chi connectivity index (χ0v) is 10.6. The topological polar surface area (TPSA) is 82.1 Å². The maximum atomic E-state index is 11.4. The van der Waals surface area contributed by atoms with Gasteiger partial charge >= 0.3 is 11.9 Å². The van der Waals surface area contributed by atoms with Crippen LogP contribution in [-0.4, -0.2) is 31.3 Å². The summed E-state index contributed by atoms with van der Waals surface area (Å²) >= 11 is 0. The van der Waals surface area contributed by atoms with Crippen LogP contribution in [0.15, 0.2) is 41.9 Å². The van der Waals surface area contributed by atoms with Gasteiger partial charge in [0.15, 0.2) is 0 Å². The second kappa shape index (κ2) is 7.05. The summed E-state index contributed by atoms with van der Waals surface area (Å²) in [6.07, 6.45) is 0. The van der Waals surface area contributed by atoms with E-state index >= 15 is 0 Å². The van der Waals surface area contributed by atoms with Crippen LogP contribution in [0.3, 0.4) is 0 Å². The summed E-state index contributed by atoms with van der Waals surface area (Å²) in [6.45, 7) is 0.00628. The number of ether oxygens (including phenoxy) is 3. The van der Waals surface area contributed by atoms with Crippen molar-refractivity contribution in [3.63, 3.8) is 0 Å². The molecule has 0 spiro atoms. The van der Waals surface area contributed by atoms with Crippen molar-refractivity contribution in [2.45, 2.75) is 6.61 Å². The summed E-state index contributed by atoms with van der Waals surface area (Å²) in [7, 11) is 2.18. The minimum Gasteiger partial charge on any atom is -0.499 e. The minimum absolute atomic E-state index is 0.00628. The first-order valence-electron chi connectivity index (χ1n) is 5.36. The molecule has 6 heteroatoms. The van der Waals surface area contributed by atoms with Crippen LogP contribution in [0.25, 0.3) is 0 Å². The number of hydrogen-bond donors (Lipinski definition) is 1. The number of aliphatic hydroxyl groups excluding tert-OH is 1. The Kier molecular flexibility index (Phi) is 5.40. The SMILES string of the molecule is COC(=O)/C(O)=C(\OCc1ccccc1)C(=O)OC. The van der Waals surface area contributed by atoms with Gasteiger partial charge in [0.05, 0.1) is 14.2 Å². The van der Waals surface area contributed by atoms with E-state index in [0.717, 1.165) is 19.8 Å². The summed E-state index contributed by atoms with van der Waals surface area (Å²) in [5.74, 6) is -3.55. The van der Waals surface area contributed by atoms with E-state index in [1.807, 2.05) is 6.07 Å². The molecule has 1 rings (SSSR count). The smallest absolute Gasteiger partial charge is 0.377 e. The molecule has 0 bridgehead atoms. The molecule has 0 atom stereocenters. The molecule has 6 nitrogen and oxygen atoms in total. The normalized spacial score (nSPS) is 11.3. The highest BCUT2D eigenvalue weighted by Crippen LogP contribution is 2.11. The molecule has 102 valence electrons. The summed E-state index contributed by atoms with van der Waals surface area (Å²) in [4.78, 5) is 22.6. The Morgan fingerprint density at radius 2 is 1.63 bits per heavy atom. The molecule has 0 fully saturated rings. The van der Waals surface area contributed by atoms with Crippen molar-refractivity contribution in [1.29, 1.82) is 0 Å². The standard InChI is InChI=1S/C13H14O6/c1-17-12(15)10(14)11(13(16)18-2)19-8-9-6-4-3-5-7-9/h3-7,14H,8H2,1-2H3/b11-10+. The molecule has 0 amide bonds. The molecule has 0 saturated heterocycles. The van der Waals surface area contributed by atoms with Crippen LogP contribution in [0.1, 0.15) is 5.56 Å². The van der Waals surface area contributed by atoms with E-state index in [1.165, 1.54) is 0 Å². The molecule has 0 saturated carbocycles. The summed E-state index contributed by atoms with van der Waals surface area (Å²) in [5.41, 5.74) is 0.765. The van der Waals surface area contributed by atoms with Gasteiger partial charge in [-0.05, 0) is 5.56 Å². The van der Waals surface area contributed by atoms with Gasteiger partial charge in [0.25, 0.3) is 11.5 Å². The molecular weight excluding hydrogens is 252 g/mol. The van der Waals surface area contributed by atoms with Crippen molar-refractivity contribution in [1.82, 2.24) is 0 Å². The lowest BCUT2D eigenvalue weighted by Crippen LogP contribution is -2.16. The number of esters is 2. The average Bonchev–Trinajstić information content (AvgIpc) is 2.47. The van der Waals surface area contributed by atoms with Crippen LogP contribution in [0, 0.1) is 0 Å². The fourth-order valence-corrected chi connectivity index (χ4v) is 1.24. The van der Waals surface area contributed by atoms with Crippen molar-refractivity contribution in [3.8, 4) is 0 Å². The highest BCUT2D eigenvalue weighted by molar-refractivity contribution is 5.97. The van der Waals surface area contributed by atoms with Crippen LogP contribution in [0.4, 0.5) is 0 Å². The number of carbonyl (C=O) groups is 2. The molecule has 0 heterocycles. The summed E-state index contributed by atoms with van der Waals surface area (Å²) < 4.78 is 13.9. The number of benzene rings is 1. The van der Waals surface area contributed by atoms with Crippen molar-refractivity contribution in [3.05, 3.63) is 47.4 Å². The number of hydrogen-bond acceptors (Lipinski definition) is 6. The molecule has 0 aliphatic rings. The predicted octanol–water partition coefficient (Wildman–Crippen LogP) is 1.32. The van der Waals surface area contributed by atoms with Crippen LogP contribution in [-0.2, 0) is 30.4 Å². The summed E-state index contributed by atoms with van der Waals surface area (Å²) in [6, 6.07) is 8.95. The maximum absolute atomic E-state index is 11.4. The van der Waals surface area contributed by atoms with Gasteiger partial charge in [-0.2, -0.15) is 0 Å². The average molecular weight is 266 g/mol. The predicted molar refractivity (Wildman–Crippen MR) is 64.9 cm³/mol. The third-order valence-corrected chi connectivity index (χ3v) is 2.19. The highest BCUT2D eigenvalue weighted by atomic mass is 16.6. The van der Waals surface area contributed by atoms with Crippen LogP contribution in [0.2, 0.25) is 0 Å². The molecular formula is C13H14O6. The number of aliphatic hydroxyl groups is 1. The summed E-state index contributed by atoms with van der Waals surface area (Å²) in [5, 5.41) is 9.54. The van der Waals surface area contributed by atoms with Crippen molar-refractivity contribution < 1.29 is 28.9 Å². The zero-order chi connectivity index (χ0) is 14.3. The molecule has 0 radical (unpaired) electrons. The molecule has 1 N–H and O–H groups in total. The lowest BCUT2D eigenvalue weighted by molar-refractivity contribution is -0.145. The number of methoxy groups -OCH3 is 2. The van der Waals surface area contributed by atoms with Gasteiger partial charge in [-0.1, -0.05) is 30.3 Å². The van der Waals surface area contributed by atoms with Crippen LogP contribution >= 0.6 is 0 Å². The second-order valence-electron chi connectivity index (χ2n) is 3.44. The number of rotatable bonds is 5. The molecule has 0 aromatic heterocycles. The number of carbonyl (C=O) groups excluding carboxylic acids is 2. The van der Waals surface area contributed by atoms with Gasteiger partial charge in [0.2, 0.25) is 0 Å². The van der Waals surface area contributed by atoms with E-state index in [4.69, 9.17) is 4.74 Å². The van der Waals surface area contributed by atoms with E-state index in [2.05, 4.69) is 9.47 Å². The van der Waals surface area contributed by atoms with E-state index in [9.17, 15) is 14.7 Å².